The molecule has 0 unspecified atom stereocenters. The van der Waals surface area contributed by atoms with Gasteiger partial charge < -0.3 is 5.11 Å². The first-order valence-corrected chi connectivity index (χ1v) is 4.37. The van der Waals surface area contributed by atoms with Crippen LogP contribution in [0.25, 0.3) is 0 Å². The van der Waals surface area contributed by atoms with Crippen LogP contribution in [-0.2, 0) is 4.79 Å². The Morgan fingerprint density at radius 2 is 2.07 bits per heavy atom. The fourth-order valence-electron chi connectivity index (χ4n) is 0.891. The summed E-state index contributed by atoms with van der Waals surface area (Å²) >= 11 is 4.55. The fraction of sp³-hybridized carbons (Fsp3) is 0.111. The first-order valence-electron chi connectivity index (χ1n) is 3.96. The van der Waals surface area contributed by atoms with E-state index in [9.17, 15) is 4.79 Å². The van der Waals surface area contributed by atoms with E-state index in [-0.39, 0.29) is 4.99 Å². The molecule has 0 atom stereocenters. The zero-order valence-electron chi connectivity index (χ0n) is 7.57. The molecule has 0 heterocycles. The summed E-state index contributed by atoms with van der Waals surface area (Å²) in [5.41, 5.74) is 6.95. The Morgan fingerprint density at radius 1 is 1.43 bits per heavy atom. The van der Waals surface area contributed by atoms with E-state index in [0.29, 0.717) is 0 Å². The molecule has 1 rings (SSSR count). The second-order valence-electron chi connectivity index (χ2n) is 2.70. The highest BCUT2D eigenvalue weighted by atomic mass is 32.1. The van der Waals surface area contributed by atoms with Gasteiger partial charge in [0.05, 0.1) is 5.69 Å². The number of aryl methyl sites for hydroxylation is 1. The van der Waals surface area contributed by atoms with Crippen LogP contribution in [0.5, 0.6) is 0 Å². The number of anilines is 1. The topological polar surface area (TPSA) is 61.4 Å². The van der Waals surface area contributed by atoms with Crippen molar-refractivity contribution in [3.63, 3.8) is 0 Å². The summed E-state index contributed by atoms with van der Waals surface area (Å²) in [4.78, 5) is 10.1. The molecule has 0 aliphatic carbocycles. The van der Waals surface area contributed by atoms with Crippen LogP contribution >= 0.6 is 12.2 Å². The SMILES string of the molecule is Cc1ccccc1NNC(=S)C(=O)O. The smallest absolute Gasteiger partial charge is 0.365 e. The number of carbonyl (C=O) groups is 1. The molecule has 0 radical (unpaired) electrons. The van der Waals surface area contributed by atoms with Crippen molar-refractivity contribution in [3.05, 3.63) is 29.8 Å². The monoisotopic (exact) mass is 210 g/mol. The first-order chi connectivity index (χ1) is 6.61. The maximum Gasteiger partial charge on any atom is 0.365 e. The molecule has 74 valence electrons. The van der Waals surface area contributed by atoms with Crippen LogP contribution < -0.4 is 10.9 Å². The van der Waals surface area contributed by atoms with Gasteiger partial charge in [-0.05, 0) is 18.6 Å². The Balaban J connectivity index is 2.58. The quantitative estimate of drug-likeness (QED) is 0.507. The molecule has 0 aliphatic heterocycles. The molecule has 3 N–H and O–H groups in total. The van der Waals surface area contributed by atoms with Crippen LogP contribution in [-0.4, -0.2) is 16.1 Å². The lowest BCUT2D eigenvalue weighted by Gasteiger charge is -2.09. The molecule has 0 saturated carbocycles. The van der Waals surface area contributed by atoms with Crippen LogP contribution in [0.15, 0.2) is 24.3 Å². The normalized spacial score (nSPS) is 9.21. The lowest BCUT2D eigenvalue weighted by atomic mass is 10.2. The van der Waals surface area contributed by atoms with Crippen LogP contribution in [0.4, 0.5) is 5.69 Å². The minimum Gasteiger partial charge on any atom is -0.476 e. The number of benzene rings is 1. The summed E-state index contributed by atoms with van der Waals surface area (Å²) < 4.78 is 0. The first kappa shape index (κ1) is 10.5. The molecular weight excluding hydrogens is 200 g/mol. The zero-order valence-corrected chi connectivity index (χ0v) is 8.39. The third-order valence-corrected chi connectivity index (χ3v) is 1.93. The summed E-state index contributed by atoms with van der Waals surface area (Å²) in [5, 5.41) is 8.49. The molecule has 1 aromatic rings. The predicted octanol–water partition coefficient (Wildman–Crippen LogP) is 1.32. The molecule has 0 aromatic heterocycles. The van der Waals surface area contributed by atoms with Gasteiger partial charge in [-0.15, -0.1) is 0 Å². The summed E-state index contributed by atoms with van der Waals surface area (Å²) in [6.07, 6.45) is 0. The van der Waals surface area contributed by atoms with E-state index >= 15 is 0 Å². The lowest BCUT2D eigenvalue weighted by molar-refractivity contribution is -0.129. The summed E-state index contributed by atoms with van der Waals surface area (Å²) in [5.74, 6) is -1.15. The molecule has 0 aliphatic rings. The highest BCUT2D eigenvalue weighted by molar-refractivity contribution is 7.81. The molecule has 4 nitrogen and oxygen atoms in total. The number of rotatable bonds is 2. The average molecular weight is 210 g/mol. The maximum atomic E-state index is 10.4. The Morgan fingerprint density at radius 3 is 2.64 bits per heavy atom. The van der Waals surface area contributed by atoms with E-state index in [0.717, 1.165) is 11.3 Å². The van der Waals surface area contributed by atoms with Gasteiger partial charge in [0.1, 0.15) is 0 Å². The summed E-state index contributed by atoms with van der Waals surface area (Å²) in [6, 6.07) is 7.48. The van der Waals surface area contributed by atoms with Crippen molar-refractivity contribution in [2.75, 3.05) is 5.43 Å². The second kappa shape index (κ2) is 4.57. The largest absolute Gasteiger partial charge is 0.476 e. The number of hydrogen-bond acceptors (Lipinski definition) is 3. The van der Waals surface area contributed by atoms with Crippen molar-refractivity contribution in [1.82, 2.24) is 5.43 Å². The molecule has 0 spiro atoms. The van der Waals surface area contributed by atoms with E-state index < -0.39 is 5.97 Å². The number of nitrogens with one attached hydrogen (secondary N) is 2. The molecule has 0 amide bonds. The standard InChI is InChI=1S/C9H10N2O2S/c1-6-4-2-3-5-7(6)10-11-8(14)9(12)13/h2-5,10H,1H3,(H,11,14)(H,12,13). The van der Waals surface area contributed by atoms with Crippen LogP contribution in [0.1, 0.15) is 5.56 Å². The van der Waals surface area contributed by atoms with E-state index in [4.69, 9.17) is 5.11 Å². The number of aliphatic carboxylic acids is 1. The highest BCUT2D eigenvalue weighted by Crippen LogP contribution is 2.11. The van der Waals surface area contributed by atoms with E-state index in [2.05, 4.69) is 23.1 Å². The predicted molar refractivity (Wildman–Crippen MR) is 58.2 cm³/mol. The Labute approximate surface area is 86.9 Å². The summed E-state index contributed by atoms with van der Waals surface area (Å²) in [7, 11) is 0. The average Bonchev–Trinajstić information content (AvgIpc) is 2.16. The minimum absolute atomic E-state index is 0.256. The molecule has 0 fully saturated rings. The summed E-state index contributed by atoms with van der Waals surface area (Å²) in [6.45, 7) is 1.91. The van der Waals surface area contributed by atoms with Gasteiger partial charge in [-0.2, -0.15) is 0 Å². The van der Waals surface area contributed by atoms with E-state index in [1.54, 1.807) is 0 Å². The van der Waals surface area contributed by atoms with Crippen molar-refractivity contribution >= 4 is 28.9 Å². The van der Waals surface area contributed by atoms with E-state index in [1.807, 2.05) is 31.2 Å². The van der Waals surface area contributed by atoms with Gasteiger partial charge in [0.15, 0.2) is 0 Å². The number of para-hydroxylation sites is 1. The van der Waals surface area contributed by atoms with Crippen molar-refractivity contribution < 1.29 is 9.90 Å². The third-order valence-electron chi connectivity index (χ3n) is 1.65. The zero-order chi connectivity index (χ0) is 10.6. The van der Waals surface area contributed by atoms with Gasteiger partial charge in [-0.3, -0.25) is 10.9 Å². The second-order valence-corrected chi connectivity index (χ2v) is 3.11. The van der Waals surface area contributed by atoms with Crippen molar-refractivity contribution in [2.24, 2.45) is 0 Å². The molecule has 1 aromatic carbocycles. The molecule has 5 heteroatoms. The number of hydrogen-bond donors (Lipinski definition) is 3. The fourth-order valence-corrected chi connectivity index (χ4v) is 0.942. The number of hydrazine groups is 1. The van der Waals surface area contributed by atoms with Crippen LogP contribution in [0.3, 0.4) is 0 Å². The van der Waals surface area contributed by atoms with Crippen molar-refractivity contribution in [1.29, 1.82) is 0 Å². The Kier molecular flexibility index (Phi) is 3.41. The molecule has 0 saturated heterocycles. The lowest BCUT2D eigenvalue weighted by Crippen LogP contribution is -2.33. The Bertz CT molecular complexity index is 366. The number of thiocarbonyl (C=S) groups is 1. The van der Waals surface area contributed by atoms with Gasteiger partial charge in [0, 0.05) is 0 Å². The van der Waals surface area contributed by atoms with E-state index in [1.165, 1.54) is 0 Å². The minimum atomic E-state index is -1.15. The van der Waals surface area contributed by atoms with Gasteiger partial charge >= 0.3 is 5.97 Å². The van der Waals surface area contributed by atoms with Crippen molar-refractivity contribution in [3.8, 4) is 0 Å². The van der Waals surface area contributed by atoms with Gasteiger partial charge in [-0.25, -0.2) is 4.79 Å². The van der Waals surface area contributed by atoms with Gasteiger partial charge in [-0.1, -0.05) is 30.4 Å². The molecule has 0 bridgehead atoms. The molecule has 14 heavy (non-hydrogen) atoms. The maximum absolute atomic E-state index is 10.4. The third kappa shape index (κ3) is 2.70. The van der Waals surface area contributed by atoms with Gasteiger partial charge in [0.25, 0.3) is 0 Å². The highest BCUT2D eigenvalue weighted by Gasteiger charge is 2.04. The molecular formula is C9H10N2O2S. The van der Waals surface area contributed by atoms with Crippen LogP contribution in [0, 0.1) is 6.92 Å². The van der Waals surface area contributed by atoms with Crippen molar-refractivity contribution in [2.45, 2.75) is 6.92 Å². The van der Waals surface area contributed by atoms with Crippen LogP contribution in [0.2, 0.25) is 0 Å². The Hall–Kier alpha value is -1.62. The number of carboxylic acids is 1. The number of carboxylic acid groups (broad SMARTS) is 1. The van der Waals surface area contributed by atoms with Gasteiger partial charge in [0.2, 0.25) is 4.99 Å².